The minimum absolute atomic E-state index is 0.290. The zero-order valence-corrected chi connectivity index (χ0v) is 12.1. The molecule has 21 heavy (non-hydrogen) atoms. The predicted octanol–water partition coefficient (Wildman–Crippen LogP) is 4.60. The van der Waals surface area contributed by atoms with Gasteiger partial charge in [0, 0.05) is 0 Å². The lowest BCUT2D eigenvalue weighted by Gasteiger charge is -2.10. The van der Waals surface area contributed by atoms with Crippen LogP contribution in [0.4, 0.5) is 4.39 Å². The second-order valence-electron chi connectivity index (χ2n) is 5.04. The highest BCUT2D eigenvalue weighted by molar-refractivity contribution is 5.27. The normalized spacial score (nSPS) is 11.7. The standard InChI is InChI=1S/C18H18FNO/c1-14-5-2-9-18(11-14)21-10-4-7-16(13-20)15-6-3-8-17(19)12-15/h2-3,5-6,8-9,11-12,16H,4,7,10H2,1H3. The average Bonchev–Trinajstić information content (AvgIpc) is 2.47. The summed E-state index contributed by atoms with van der Waals surface area (Å²) in [7, 11) is 0. The average molecular weight is 283 g/mol. The van der Waals surface area contributed by atoms with Gasteiger partial charge in [-0.1, -0.05) is 24.3 Å². The van der Waals surface area contributed by atoms with E-state index in [0.29, 0.717) is 13.0 Å². The third-order valence-electron chi connectivity index (χ3n) is 3.30. The molecule has 0 radical (unpaired) electrons. The molecule has 0 fully saturated rings. The first-order valence-corrected chi connectivity index (χ1v) is 7.03. The van der Waals surface area contributed by atoms with Gasteiger partial charge >= 0.3 is 0 Å². The highest BCUT2D eigenvalue weighted by Gasteiger charge is 2.11. The lowest BCUT2D eigenvalue weighted by molar-refractivity contribution is 0.304. The van der Waals surface area contributed by atoms with Crippen molar-refractivity contribution in [1.82, 2.24) is 0 Å². The first-order chi connectivity index (χ1) is 10.2. The molecule has 1 atom stereocenters. The van der Waals surface area contributed by atoms with Crippen LogP contribution in [0.3, 0.4) is 0 Å². The van der Waals surface area contributed by atoms with Crippen LogP contribution in [0.5, 0.6) is 5.75 Å². The molecule has 0 bridgehead atoms. The minimum atomic E-state index is -0.302. The molecule has 2 aromatic carbocycles. The summed E-state index contributed by atoms with van der Waals surface area (Å²) in [6.07, 6.45) is 1.41. The Morgan fingerprint density at radius 3 is 2.71 bits per heavy atom. The van der Waals surface area contributed by atoms with Crippen LogP contribution in [0.1, 0.15) is 29.9 Å². The van der Waals surface area contributed by atoms with Gasteiger partial charge in [-0.2, -0.15) is 5.26 Å². The van der Waals surface area contributed by atoms with Crippen molar-refractivity contribution < 1.29 is 9.13 Å². The number of ether oxygens (including phenoxy) is 1. The number of aryl methyl sites for hydroxylation is 1. The SMILES string of the molecule is Cc1cccc(OCCCC(C#N)c2cccc(F)c2)c1. The van der Waals surface area contributed by atoms with Gasteiger partial charge in [0.2, 0.25) is 0 Å². The maximum atomic E-state index is 13.2. The van der Waals surface area contributed by atoms with Crippen LogP contribution in [0.25, 0.3) is 0 Å². The molecule has 0 aromatic heterocycles. The zero-order chi connectivity index (χ0) is 15.1. The fraction of sp³-hybridized carbons (Fsp3) is 0.278. The highest BCUT2D eigenvalue weighted by Crippen LogP contribution is 2.21. The van der Waals surface area contributed by atoms with Crippen molar-refractivity contribution in [1.29, 1.82) is 5.26 Å². The van der Waals surface area contributed by atoms with E-state index in [4.69, 9.17) is 4.74 Å². The van der Waals surface area contributed by atoms with Crippen LogP contribution in [0.15, 0.2) is 48.5 Å². The largest absolute Gasteiger partial charge is 0.494 e. The van der Waals surface area contributed by atoms with E-state index < -0.39 is 0 Å². The minimum Gasteiger partial charge on any atom is -0.494 e. The van der Waals surface area contributed by atoms with Crippen molar-refractivity contribution in [2.75, 3.05) is 6.61 Å². The van der Waals surface area contributed by atoms with Crippen LogP contribution >= 0.6 is 0 Å². The van der Waals surface area contributed by atoms with Crippen LogP contribution in [0.2, 0.25) is 0 Å². The summed E-state index contributed by atoms with van der Waals surface area (Å²) in [4.78, 5) is 0. The third kappa shape index (κ3) is 4.61. The molecule has 0 aliphatic rings. The van der Waals surface area contributed by atoms with Crippen LogP contribution in [0, 0.1) is 24.1 Å². The Balaban J connectivity index is 1.83. The zero-order valence-electron chi connectivity index (χ0n) is 12.1. The van der Waals surface area contributed by atoms with Gasteiger partial charge in [0.25, 0.3) is 0 Å². The third-order valence-corrected chi connectivity index (χ3v) is 3.30. The molecule has 0 saturated heterocycles. The topological polar surface area (TPSA) is 33.0 Å². The van der Waals surface area contributed by atoms with E-state index in [0.717, 1.165) is 23.3 Å². The Hall–Kier alpha value is -2.34. The Labute approximate surface area is 124 Å². The molecule has 0 amide bonds. The molecule has 1 unspecified atom stereocenters. The summed E-state index contributed by atoms with van der Waals surface area (Å²) in [5.74, 6) is 0.250. The van der Waals surface area contributed by atoms with E-state index in [9.17, 15) is 9.65 Å². The van der Waals surface area contributed by atoms with Crippen molar-refractivity contribution in [2.24, 2.45) is 0 Å². The molecule has 0 aliphatic heterocycles. The molecule has 108 valence electrons. The van der Waals surface area contributed by atoms with Crippen LogP contribution < -0.4 is 4.74 Å². The van der Waals surface area contributed by atoms with Gasteiger partial charge in [-0.3, -0.25) is 0 Å². The van der Waals surface area contributed by atoms with E-state index in [1.54, 1.807) is 12.1 Å². The fourth-order valence-corrected chi connectivity index (χ4v) is 2.21. The summed E-state index contributed by atoms with van der Waals surface area (Å²) in [5.41, 5.74) is 1.88. The number of nitrogens with zero attached hydrogens (tertiary/aromatic N) is 1. The highest BCUT2D eigenvalue weighted by atomic mass is 19.1. The summed E-state index contributed by atoms with van der Waals surface area (Å²) >= 11 is 0. The number of hydrogen-bond acceptors (Lipinski definition) is 2. The number of benzene rings is 2. The molecule has 0 spiro atoms. The molecular formula is C18H18FNO. The predicted molar refractivity (Wildman–Crippen MR) is 80.7 cm³/mol. The van der Waals surface area contributed by atoms with Gasteiger partial charge in [-0.15, -0.1) is 0 Å². The Kier molecular flexibility index (Phi) is 5.34. The maximum Gasteiger partial charge on any atom is 0.123 e. The molecule has 2 aromatic rings. The van der Waals surface area contributed by atoms with Crippen molar-refractivity contribution in [2.45, 2.75) is 25.7 Å². The van der Waals surface area contributed by atoms with E-state index in [-0.39, 0.29) is 11.7 Å². The number of nitriles is 1. The van der Waals surface area contributed by atoms with E-state index >= 15 is 0 Å². The van der Waals surface area contributed by atoms with Crippen molar-refractivity contribution >= 4 is 0 Å². The van der Waals surface area contributed by atoms with E-state index in [2.05, 4.69) is 6.07 Å². The van der Waals surface area contributed by atoms with E-state index in [1.807, 2.05) is 31.2 Å². The lowest BCUT2D eigenvalue weighted by atomic mass is 9.96. The number of rotatable bonds is 6. The molecule has 0 aliphatic carbocycles. The molecule has 3 heteroatoms. The molecule has 0 heterocycles. The van der Waals surface area contributed by atoms with Crippen LogP contribution in [-0.4, -0.2) is 6.61 Å². The quantitative estimate of drug-likeness (QED) is 0.726. The molecule has 2 nitrogen and oxygen atoms in total. The van der Waals surface area contributed by atoms with Crippen molar-refractivity contribution in [3.8, 4) is 11.8 Å². The Morgan fingerprint density at radius 2 is 2.00 bits per heavy atom. The van der Waals surface area contributed by atoms with Gasteiger partial charge in [0.15, 0.2) is 0 Å². The Bertz CT molecular complexity index is 633. The molecular weight excluding hydrogens is 265 g/mol. The summed E-state index contributed by atoms with van der Waals surface area (Å²) in [6, 6.07) is 16.3. The second kappa shape index (κ2) is 7.44. The number of halogens is 1. The molecule has 2 rings (SSSR count). The summed E-state index contributed by atoms with van der Waals surface area (Å²) in [5, 5.41) is 9.21. The van der Waals surface area contributed by atoms with Crippen molar-refractivity contribution in [3.63, 3.8) is 0 Å². The number of hydrogen-bond donors (Lipinski definition) is 0. The molecule has 0 saturated carbocycles. The second-order valence-corrected chi connectivity index (χ2v) is 5.04. The van der Waals surface area contributed by atoms with Gasteiger partial charge in [0.1, 0.15) is 11.6 Å². The fourth-order valence-electron chi connectivity index (χ4n) is 2.21. The monoisotopic (exact) mass is 283 g/mol. The van der Waals surface area contributed by atoms with Crippen LogP contribution in [-0.2, 0) is 0 Å². The Morgan fingerprint density at radius 1 is 1.19 bits per heavy atom. The maximum absolute atomic E-state index is 13.2. The van der Waals surface area contributed by atoms with Crippen molar-refractivity contribution in [3.05, 3.63) is 65.5 Å². The van der Waals surface area contributed by atoms with E-state index in [1.165, 1.54) is 12.1 Å². The van der Waals surface area contributed by atoms with Gasteiger partial charge in [0.05, 0.1) is 18.6 Å². The first kappa shape index (κ1) is 15.1. The summed E-state index contributed by atoms with van der Waals surface area (Å²) < 4.78 is 18.8. The summed E-state index contributed by atoms with van der Waals surface area (Å²) in [6.45, 7) is 2.57. The van der Waals surface area contributed by atoms with Gasteiger partial charge in [-0.25, -0.2) is 4.39 Å². The van der Waals surface area contributed by atoms with Gasteiger partial charge < -0.3 is 4.74 Å². The smallest absolute Gasteiger partial charge is 0.123 e. The first-order valence-electron chi connectivity index (χ1n) is 7.03. The van der Waals surface area contributed by atoms with Gasteiger partial charge in [-0.05, 0) is 55.2 Å². The lowest BCUT2D eigenvalue weighted by Crippen LogP contribution is -2.02. The molecule has 0 N–H and O–H groups in total.